The molecule has 10 nitrogen and oxygen atoms in total. The van der Waals surface area contributed by atoms with Crippen LogP contribution in [0, 0.1) is 17.6 Å². The minimum Gasteiger partial charge on any atom is -0.470 e. The second-order valence-corrected chi connectivity index (χ2v) is 15.0. The quantitative estimate of drug-likeness (QED) is 0.151. The van der Waals surface area contributed by atoms with E-state index in [1.165, 1.54) is 46.9 Å². The minimum atomic E-state index is -3.33. The van der Waals surface area contributed by atoms with Crippen molar-refractivity contribution in [3.05, 3.63) is 107 Å². The Bertz CT molecular complexity index is 2370. The van der Waals surface area contributed by atoms with Crippen LogP contribution in [0.2, 0.25) is 0 Å². The number of aromatic amines is 1. The number of fused-ring (bicyclic) bond motifs is 10. The number of hydrogen-bond acceptors (Lipinski definition) is 7. The molecule has 6 aromatic rings. The number of H-pyrrole nitrogens is 1. The molecular weight excluding hydrogens is 713 g/mol. The number of halogens is 4. The van der Waals surface area contributed by atoms with Gasteiger partial charge in [0.1, 0.15) is 11.6 Å². The Kier molecular flexibility index (Phi) is 9.47. The molecule has 1 N–H and O–H groups in total. The number of aryl methyl sites for hydroxylation is 1. The lowest BCUT2D eigenvalue weighted by atomic mass is 9.76. The van der Waals surface area contributed by atoms with Crippen molar-refractivity contribution >= 4 is 27.7 Å². The number of carbonyl (C=O) groups is 1. The fourth-order valence-electron chi connectivity index (χ4n) is 6.76. The average molecular weight is 749 g/mol. The monoisotopic (exact) mass is 748 g/mol. The van der Waals surface area contributed by atoms with Gasteiger partial charge in [-0.3, -0.25) is 9.48 Å². The summed E-state index contributed by atoms with van der Waals surface area (Å²) >= 11 is 0. The van der Waals surface area contributed by atoms with E-state index in [9.17, 15) is 9.00 Å². The van der Waals surface area contributed by atoms with Crippen molar-refractivity contribution in [2.24, 2.45) is 13.0 Å². The fraction of sp³-hybridized carbons (Fsp3) is 0.316. The summed E-state index contributed by atoms with van der Waals surface area (Å²) in [5.41, 5.74) is 0.864. The summed E-state index contributed by atoms with van der Waals surface area (Å²) in [6.45, 7) is 2.42. The van der Waals surface area contributed by atoms with Crippen LogP contribution < -0.4 is 4.74 Å². The molecule has 0 aliphatic carbocycles. The molecule has 53 heavy (non-hydrogen) atoms. The first-order valence-electron chi connectivity index (χ1n) is 16.9. The molecule has 0 fully saturated rings. The summed E-state index contributed by atoms with van der Waals surface area (Å²) in [6.07, 6.45) is 2.68. The number of methoxy groups -OCH3 is 1. The number of aromatic nitrogens is 6. The second kappa shape index (κ2) is 13.9. The van der Waals surface area contributed by atoms with Crippen molar-refractivity contribution in [3.8, 4) is 17.3 Å². The number of hydrogen-bond donors (Lipinski definition) is 1. The van der Waals surface area contributed by atoms with Gasteiger partial charge in [-0.2, -0.15) is 5.10 Å². The van der Waals surface area contributed by atoms with Crippen LogP contribution in [0.25, 0.3) is 22.3 Å². The summed E-state index contributed by atoms with van der Waals surface area (Å²) in [5.74, 6) is -5.51. The number of ether oxygens (including phenoxy) is 2. The molecule has 0 spiro atoms. The van der Waals surface area contributed by atoms with Gasteiger partial charge in [0.25, 0.3) is 5.92 Å². The van der Waals surface area contributed by atoms with Gasteiger partial charge in [0.15, 0.2) is 18.3 Å². The number of rotatable bonds is 4. The van der Waals surface area contributed by atoms with Gasteiger partial charge < -0.3 is 14.5 Å². The van der Waals surface area contributed by atoms with Crippen molar-refractivity contribution in [2.75, 3.05) is 13.7 Å². The van der Waals surface area contributed by atoms with Gasteiger partial charge in [-0.05, 0) is 61.2 Å². The molecule has 6 bridgehead atoms. The van der Waals surface area contributed by atoms with E-state index in [1.54, 1.807) is 45.3 Å². The van der Waals surface area contributed by atoms with Crippen LogP contribution in [0.5, 0.6) is 5.88 Å². The van der Waals surface area contributed by atoms with Gasteiger partial charge in [0, 0.05) is 53.3 Å². The highest BCUT2D eigenvalue weighted by molar-refractivity contribution is 7.85. The number of nitrogens with one attached hydrogen (secondary N) is 1. The molecule has 4 heterocycles. The van der Waals surface area contributed by atoms with E-state index < -0.39 is 52.7 Å². The van der Waals surface area contributed by atoms with Crippen molar-refractivity contribution in [1.82, 2.24) is 29.5 Å². The van der Waals surface area contributed by atoms with Crippen LogP contribution in [-0.2, 0) is 45.8 Å². The Morgan fingerprint density at radius 3 is 2.68 bits per heavy atom. The number of carbonyl (C=O) groups excluding carboxylic acids is 1. The normalized spacial score (nSPS) is 19.4. The van der Waals surface area contributed by atoms with Gasteiger partial charge in [-0.25, -0.2) is 31.4 Å². The molecule has 1 aliphatic heterocycles. The van der Waals surface area contributed by atoms with E-state index in [0.717, 1.165) is 11.6 Å². The Balaban J connectivity index is 1.38. The first kappa shape index (κ1) is 36.1. The van der Waals surface area contributed by atoms with Crippen LogP contribution in [0.3, 0.4) is 0 Å². The molecule has 0 saturated heterocycles. The molecule has 276 valence electrons. The van der Waals surface area contributed by atoms with Crippen LogP contribution in [0.15, 0.2) is 82.8 Å². The van der Waals surface area contributed by atoms with E-state index in [2.05, 4.69) is 15.2 Å². The van der Waals surface area contributed by atoms with Crippen molar-refractivity contribution < 1.29 is 36.0 Å². The van der Waals surface area contributed by atoms with Crippen LogP contribution >= 0.6 is 0 Å². The van der Waals surface area contributed by atoms with E-state index >= 15 is 17.6 Å². The molecule has 3 atom stereocenters. The third-order valence-electron chi connectivity index (χ3n) is 9.77. The summed E-state index contributed by atoms with van der Waals surface area (Å²) in [7, 11) is 0.712. The van der Waals surface area contributed by atoms with Gasteiger partial charge in [-0.1, -0.05) is 31.2 Å². The molecule has 7 rings (SSSR count). The predicted molar refractivity (Wildman–Crippen MR) is 188 cm³/mol. The number of alkyl halides is 2. The minimum absolute atomic E-state index is 0.0524. The lowest BCUT2D eigenvalue weighted by Crippen LogP contribution is -2.32. The van der Waals surface area contributed by atoms with E-state index in [4.69, 9.17) is 14.5 Å². The summed E-state index contributed by atoms with van der Waals surface area (Å²) in [6, 6.07) is 15.4. The number of nitrogens with zero attached hydrogens (tertiary/aromatic N) is 5. The Morgan fingerprint density at radius 1 is 1.08 bits per heavy atom. The van der Waals surface area contributed by atoms with E-state index in [1.807, 2.05) is 12.1 Å². The van der Waals surface area contributed by atoms with Gasteiger partial charge in [0.05, 0.1) is 46.2 Å². The smallest absolute Gasteiger partial charge is 0.308 e. The van der Waals surface area contributed by atoms with Gasteiger partial charge in [-0.15, -0.1) is 5.10 Å². The number of esters is 1. The molecule has 15 heteroatoms. The summed E-state index contributed by atoms with van der Waals surface area (Å²) in [4.78, 5) is 19.9. The maximum absolute atomic E-state index is 15.9. The first-order valence-corrected chi connectivity index (χ1v) is 18.0. The first-order chi connectivity index (χ1) is 25.3. The maximum Gasteiger partial charge on any atom is 0.308 e. The predicted octanol–water partition coefficient (Wildman–Crippen LogP) is 7.12. The van der Waals surface area contributed by atoms with Crippen LogP contribution in [0.4, 0.5) is 17.6 Å². The van der Waals surface area contributed by atoms with Crippen molar-refractivity contribution in [3.63, 3.8) is 0 Å². The van der Waals surface area contributed by atoms with Crippen LogP contribution in [0.1, 0.15) is 49.2 Å². The SMILES string of the molecule is COC(=O)[C@@H](C)Cc1cccc(C2(C)CCC(F)(F)COc3ccn(n3)Cc3c(c(F)cc4[nH]ccc34)S(=O)c3ccc(F)c(c3)-c3nc2nn3C)c1. The molecule has 0 saturated carbocycles. The molecule has 2 unspecified atom stereocenters. The zero-order chi connectivity index (χ0) is 37.7. The highest BCUT2D eigenvalue weighted by atomic mass is 32.2. The molecular formula is C38H36F4N6O4S. The summed E-state index contributed by atoms with van der Waals surface area (Å²) in [5, 5.41) is 9.51. The molecule has 1 aliphatic rings. The molecule has 3 aromatic heterocycles. The zero-order valence-corrected chi connectivity index (χ0v) is 30.1. The van der Waals surface area contributed by atoms with Gasteiger partial charge >= 0.3 is 5.97 Å². The van der Waals surface area contributed by atoms with Crippen LogP contribution in [-0.4, -0.2) is 59.3 Å². The second-order valence-electron chi connectivity index (χ2n) is 13.6. The third kappa shape index (κ3) is 6.97. The average Bonchev–Trinajstić information content (AvgIpc) is 3.89. The topological polar surface area (TPSA) is 117 Å². The highest BCUT2D eigenvalue weighted by Gasteiger charge is 2.40. The fourth-order valence-corrected chi connectivity index (χ4v) is 8.05. The maximum atomic E-state index is 15.9. The molecule has 0 amide bonds. The lowest BCUT2D eigenvalue weighted by Gasteiger charge is -2.30. The molecule has 3 aromatic carbocycles. The Hall–Kier alpha value is -5.31. The van der Waals surface area contributed by atoms with E-state index in [-0.39, 0.29) is 51.8 Å². The Morgan fingerprint density at radius 2 is 1.89 bits per heavy atom. The zero-order valence-electron chi connectivity index (χ0n) is 29.3. The van der Waals surface area contributed by atoms with Gasteiger partial charge in [0.2, 0.25) is 5.88 Å². The van der Waals surface area contributed by atoms with Crippen molar-refractivity contribution in [2.45, 2.75) is 60.8 Å². The Labute approximate surface area is 304 Å². The third-order valence-corrected chi connectivity index (χ3v) is 11.3. The number of benzene rings is 3. The van der Waals surface area contributed by atoms with E-state index in [0.29, 0.717) is 28.5 Å². The lowest BCUT2D eigenvalue weighted by molar-refractivity contribution is -0.144. The standard InChI is InChI=1S/C38H36F4N6O4S/c1-22(35(49)51-4)16-23-6-5-7-24(17-23)37(2)12-13-38(41,42)21-52-32-11-15-48(45-32)20-28-26-10-14-43-31(26)19-30(40)33(28)53(50)25-8-9-29(39)27(18-25)34-44-36(37)46-47(34)3/h5-11,14-15,17-19,22,43H,12-13,16,20-21H2,1-4H3/t22-,37?,53?/m0/s1. The van der Waals surface area contributed by atoms with Crippen molar-refractivity contribution in [1.29, 1.82) is 0 Å². The molecule has 0 radical (unpaired) electrons. The largest absolute Gasteiger partial charge is 0.470 e. The summed E-state index contributed by atoms with van der Waals surface area (Å²) < 4.78 is 90.5. The highest BCUT2D eigenvalue weighted by Crippen LogP contribution is 2.40.